The standard InChI is InChI=1S/C14H18BrN3O4/c1-10(2)22-14(19)17-7-5-16(6-8-17)12-4-3-11(15)9-13(12)18(20)21/h3-4,9-10H,5-8H2,1-2H3. The minimum absolute atomic E-state index is 0.0626. The molecular weight excluding hydrogens is 354 g/mol. The molecule has 0 N–H and O–H groups in total. The summed E-state index contributed by atoms with van der Waals surface area (Å²) in [6.45, 7) is 5.65. The van der Waals surface area contributed by atoms with Crippen molar-refractivity contribution in [3.8, 4) is 0 Å². The SMILES string of the molecule is CC(C)OC(=O)N1CCN(c2ccc(Br)cc2[N+](=O)[O-])CC1. The summed E-state index contributed by atoms with van der Waals surface area (Å²) in [6, 6.07) is 5.00. The van der Waals surface area contributed by atoms with Crippen molar-refractivity contribution in [1.29, 1.82) is 0 Å². The zero-order chi connectivity index (χ0) is 16.3. The van der Waals surface area contributed by atoms with E-state index in [1.54, 1.807) is 30.9 Å². The smallest absolute Gasteiger partial charge is 0.410 e. The van der Waals surface area contributed by atoms with Gasteiger partial charge in [0.2, 0.25) is 0 Å². The van der Waals surface area contributed by atoms with Crippen molar-refractivity contribution in [3.63, 3.8) is 0 Å². The van der Waals surface area contributed by atoms with E-state index in [2.05, 4.69) is 15.9 Å². The maximum atomic E-state index is 11.8. The Kier molecular flexibility index (Phi) is 5.23. The number of rotatable bonds is 3. The van der Waals surface area contributed by atoms with E-state index in [-0.39, 0.29) is 22.8 Å². The topological polar surface area (TPSA) is 75.9 Å². The average Bonchev–Trinajstić information content (AvgIpc) is 2.46. The number of carbonyl (C=O) groups excluding carboxylic acids is 1. The average molecular weight is 372 g/mol. The van der Waals surface area contributed by atoms with Crippen LogP contribution >= 0.6 is 15.9 Å². The first-order valence-electron chi connectivity index (χ1n) is 7.03. The van der Waals surface area contributed by atoms with Crippen molar-refractivity contribution in [2.45, 2.75) is 20.0 Å². The van der Waals surface area contributed by atoms with E-state index in [0.717, 1.165) is 0 Å². The van der Waals surface area contributed by atoms with Crippen LogP contribution < -0.4 is 4.90 Å². The molecule has 1 amide bonds. The van der Waals surface area contributed by atoms with Crippen molar-refractivity contribution >= 4 is 33.4 Å². The number of halogens is 1. The van der Waals surface area contributed by atoms with Crippen molar-refractivity contribution in [2.24, 2.45) is 0 Å². The van der Waals surface area contributed by atoms with Gasteiger partial charge in [-0.3, -0.25) is 10.1 Å². The van der Waals surface area contributed by atoms with Crippen LogP contribution in [0.25, 0.3) is 0 Å². The molecule has 1 saturated heterocycles. The number of nitro benzene ring substituents is 1. The maximum Gasteiger partial charge on any atom is 0.410 e. The van der Waals surface area contributed by atoms with Crippen LogP contribution in [0.4, 0.5) is 16.2 Å². The fourth-order valence-electron chi connectivity index (χ4n) is 2.32. The fourth-order valence-corrected chi connectivity index (χ4v) is 2.67. The van der Waals surface area contributed by atoms with Crippen LogP contribution in [-0.4, -0.2) is 48.2 Å². The molecule has 0 unspecified atom stereocenters. The molecule has 0 bridgehead atoms. The third-order valence-corrected chi connectivity index (χ3v) is 3.84. The van der Waals surface area contributed by atoms with Gasteiger partial charge in [-0.2, -0.15) is 0 Å². The van der Waals surface area contributed by atoms with Crippen molar-refractivity contribution in [3.05, 3.63) is 32.8 Å². The predicted molar refractivity (Wildman–Crippen MR) is 86.2 cm³/mol. The molecule has 1 aromatic carbocycles. The first kappa shape index (κ1) is 16.5. The highest BCUT2D eigenvalue weighted by Gasteiger charge is 2.26. The van der Waals surface area contributed by atoms with Gasteiger partial charge in [0.1, 0.15) is 5.69 Å². The summed E-state index contributed by atoms with van der Waals surface area (Å²) in [5.74, 6) is 0. The lowest BCUT2D eigenvalue weighted by molar-refractivity contribution is -0.384. The molecule has 0 aliphatic carbocycles. The Balaban J connectivity index is 2.06. The highest BCUT2D eigenvalue weighted by molar-refractivity contribution is 9.10. The number of hydrogen-bond donors (Lipinski definition) is 0. The molecule has 8 heteroatoms. The number of carbonyl (C=O) groups is 1. The summed E-state index contributed by atoms with van der Waals surface area (Å²) in [5, 5.41) is 11.2. The Morgan fingerprint density at radius 1 is 1.32 bits per heavy atom. The first-order valence-corrected chi connectivity index (χ1v) is 7.82. The van der Waals surface area contributed by atoms with Gasteiger partial charge in [0, 0.05) is 36.7 Å². The van der Waals surface area contributed by atoms with E-state index in [0.29, 0.717) is 36.3 Å². The fraction of sp³-hybridized carbons (Fsp3) is 0.500. The number of amides is 1. The van der Waals surface area contributed by atoms with Gasteiger partial charge in [0.25, 0.3) is 5.69 Å². The van der Waals surface area contributed by atoms with E-state index in [4.69, 9.17) is 4.74 Å². The second-order valence-corrected chi connectivity index (χ2v) is 6.21. The van der Waals surface area contributed by atoms with Gasteiger partial charge in [-0.1, -0.05) is 15.9 Å². The highest BCUT2D eigenvalue weighted by atomic mass is 79.9. The largest absolute Gasteiger partial charge is 0.447 e. The summed E-state index contributed by atoms with van der Waals surface area (Å²) in [7, 11) is 0. The van der Waals surface area contributed by atoms with E-state index < -0.39 is 0 Å². The molecule has 0 aromatic heterocycles. The molecule has 7 nitrogen and oxygen atoms in total. The Bertz CT molecular complexity index is 571. The molecule has 0 atom stereocenters. The number of piperazine rings is 1. The number of nitrogens with zero attached hydrogens (tertiary/aromatic N) is 3. The van der Waals surface area contributed by atoms with Crippen LogP contribution in [0.1, 0.15) is 13.8 Å². The first-order chi connectivity index (χ1) is 10.4. The van der Waals surface area contributed by atoms with Gasteiger partial charge in [-0.15, -0.1) is 0 Å². The summed E-state index contributed by atoms with van der Waals surface area (Å²) < 4.78 is 5.83. The molecule has 0 spiro atoms. The Morgan fingerprint density at radius 3 is 2.50 bits per heavy atom. The summed E-state index contributed by atoms with van der Waals surface area (Å²) in [6.07, 6.45) is -0.488. The van der Waals surface area contributed by atoms with Crippen LogP contribution in [0.15, 0.2) is 22.7 Å². The third-order valence-electron chi connectivity index (χ3n) is 3.35. The molecule has 22 heavy (non-hydrogen) atoms. The highest BCUT2D eigenvalue weighted by Crippen LogP contribution is 2.31. The summed E-state index contributed by atoms with van der Waals surface area (Å²) in [5.41, 5.74) is 0.637. The molecule has 120 valence electrons. The monoisotopic (exact) mass is 371 g/mol. The molecule has 0 saturated carbocycles. The lowest BCUT2D eigenvalue weighted by Crippen LogP contribution is -2.49. The molecular formula is C14H18BrN3O4. The molecule has 1 aliphatic rings. The van der Waals surface area contributed by atoms with Crippen molar-refractivity contribution in [1.82, 2.24) is 4.90 Å². The molecule has 1 aliphatic heterocycles. The van der Waals surface area contributed by atoms with Crippen molar-refractivity contribution < 1.29 is 14.5 Å². The molecule has 1 fully saturated rings. The van der Waals surface area contributed by atoms with Crippen molar-refractivity contribution in [2.75, 3.05) is 31.1 Å². The predicted octanol–water partition coefficient (Wildman–Crippen LogP) is 3.02. The van der Waals surface area contributed by atoms with Gasteiger partial charge in [0.05, 0.1) is 11.0 Å². The third kappa shape index (κ3) is 3.88. The van der Waals surface area contributed by atoms with Gasteiger partial charge >= 0.3 is 6.09 Å². The van der Waals surface area contributed by atoms with E-state index in [1.165, 1.54) is 6.07 Å². The van der Waals surface area contributed by atoms with Crippen LogP contribution in [-0.2, 0) is 4.74 Å². The van der Waals surface area contributed by atoms with Gasteiger partial charge in [0.15, 0.2) is 0 Å². The Hall–Kier alpha value is -1.83. The number of nitro groups is 1. The number of hydrogen-bond acceptors (Lipinski definition) is 5. The zero-order valence-corrected chi connectivity index (χ0v) is 14.1. The molecule has 1 heterocycles. The van der Waals surface area contributed by atoms with Gasteiger partial charge in [-0.25, -0.2) is 4.79 Å². The van der Waals surface area contributed by atoms with Crippen LogP contribution in [0.5, 0.6) is 0 Å². The molecule has 0 radical (unpaired) electrons. The summed E-state index contributed by atoms with van der Waals surface area (Å²) >= 11 is 3.25. The zero-order valence-electron chi connectivity index (χ0n) is 12.5. The number of benzene rings is 1. The van der Waals surface area contributed by atoms with E-state index in [1.807, 2.05) is 4.90 Å². The normalized spacial score (nSPS) is 15.1. The van der Waals surface area contributed by atoms with Crippen LogP contribution in [0.2, 0.25) is 0 Å². The second kappa shape index (κ2) is 6.95. The van der Waals surface area contributed by atoms with Gasteiger partial charge in [-0.05, 0) is 26.0 Å². The van der Waals surface area contributed by atoms with Gasteiger partial charge < -0.3 is 14.5 Å². The quantitative estimate of drug-likeness (QED) is 0.602. The Morgan fingerprint density at radius 2 is 1.95 bits per heavy atom. The minimum Gasteiger partial charge on any atom is -0.447 e. The maximum absolute atomic E-state index is 11.8. The lowest BCUT2D eigenvalue weighted by Gasteiger charge is -2.35. The van der Waals surface area contributed by atoms with E-state index in [9.17, 15) is 14.9 Å². The number of ether oxygens (including phenoxy) is 1. The van der Waals surface area contributed by atoms with Crippen LogP contribution in [0, 0.1) is 10.1 Å². The van der Waals surface area contributed by atoms with Crippen LogP contribution in [0.3, 0.4) is 0 Å². The Labute approximate surface area is 137 Å². The minimum atomic E-state index is -0.389. The van der Waals surface area contributed by atoms with E-state index >= 15 is 0 Å². The molecule has 1 aromatic rings. The number of anilines is 1. The second-order valence-electron chi connectivity index (χ2n) is 5.30. The molecule has 2 rings (SSSR count). The summed E-state index contributed by atoms with van der Waals surface area (Å²) in [4.78, 5) is 26.2. The lowest BCUT2D eigenvalue weighted by atomic mass is 10.2.